The van der Waals surface area contributed by atoms with Gasteiger partial charge < -0.3 is 19.3 Å². The largest absolute Gasteiger partial charge is 0.463 e. The van der Waals surface area contributed by atoms with E-state index in [1.807, 2.05) is 12.1 Å². The van der Waals surface area contributed by atoms with E-state index in [0.29, 0.717) is 5.75 Å². The Bertz CT molecular complexity index is 1420. The third kappa shape index (κ3) is 3.18. The Morgan fingerprint density at radius 2 is 1.81 bits per heavy atom. The Kier molecular flexibility index (Phi) is 5.15. The quantitative estimate of drug-likeness (QED) is 0.245. The van der Waals surface area contributed by atoms with Crippen molar-refractivity contribution in [2.75, 3.05) is 29.9 Å². The summed E-state index contributed by atoms with van der Waals surface area (Å²) < 4.78 is 12.6. The number of hydrogen-bond donors (Lipinski definition) is 0. The molecule has 3 aliphatic rings. The van der Waals surface area contributed by atoms with E-state index in [-0.39, 0.29) is 5.41 Å². The molecule has 6 rings (SSSR count). The molecule has 36 heavy (non-hydrogen) atoms. The molecule has 3 heterocycles. The molecular weight excluding hydrogens is 448 g/mol. The molecule has 3 aliphatic heterocycles. The molecule has 1 unspecified atom stereocenters. The van der Waals surface area contributed by atoms with Crippen molar-refractivity contribution in [3.05, 3.63) is 78.4 Å². The molecule has 1 fully saturated rings. The summed E-state index contributed by atoms with van der Waals surface area (Å²) in [7, 11) is 2.11. The topological polar surface area (TPSA) is 42.0 Å². The van der Waals surface area contributed by atoms with Gasteiger partial charge in [-0.15, -0.1) is 0 Å². The number of rotatable bonds is 3. The average Bonchev–Trinajstić information content (AvgIpc) is 3.06. The van der Waals surface area contributed by atoms with Crippen LogP contribution in [0.2, 0.25) is 0 Å². The second-order valence-corrected chi connectivity index (χ2v) is 10.5. The molecule has 0 N–H and O–H groups in total. The van der Waals surface area contributed by atoms with Crippen LogP contribution in [0.3, 0.4) is 0 Å². The van der Waals surface area contributed by atoms with Crippen LogP contribution < -0.4 is 19.3 Å². The Labute approximate surface area is 212 Å². The number of piperidine rings is 1. The summed E-state index contributed by atoms with van der Waals surface area (Å²) in [5, 5.41) is 2.16. The van der Waals surface area contributed by atoms with Crippen molar-refractivity contribution < 1.29 is 14.3 Å². The summed E-state index contributed by atoms with van der Waals surface area (Å²) in [5.74, 6) is 0.892. The Morgan fingerprint density at radius 3 is 2.56 bits per heavy atom. The maximum atomic E-state index is 11.9. The zero-order valence-electron chi connectivity index (χ0n) is 21.2. The van der Waals surface area contributed by atoms with Gasteiger partial charge in [0.15, 0.2) is 0 Å². The first-order valence-corrected chi connectivity index (χ1v) is 12.8. The van der Waals surface area contributed by atoms with E-state index in [9.17, 15) is 4.79 Å². The normalized spacial score (nSPS) is 21.8. The first-order valence-electron chi connectivity index (χ1n) is 12.8. The van der Waals surface area contributed by atoms with Gasteiger partial charge in [-0.2, -0.15) is 0 Å². The highest BCUT2D eigenvalue weighted by atomic mass is 16.5. The lowest BCUT2D eigenvalue weighted by Crippen LogP contribution is -2.58. The van der Waals surface area contributed by atoms with Crippen LogP contribution in [0.5, 0.6) is 11.5 Å². The maximum Gasteiger partial charge on any atom is 0.335 e. The van der Waals surface area contributed by atoms with Gasteiger partial charge in [0.05, 0.1) is 5.41 Å². The van der Waals surface area contributed by atoms with Gasteiger partial charge in [0.2, 0.25) is 5.72 Å². The molecule has 5 heteroatoms. The number of hydrogen-bond acceptors (Lipinski definition) is 5. The minimum Gasteiger partial charge on any atom is -0.463 e. The van der Waals surface area contributed by atoms with Crippen LogP contribution in [0, 0.1) is 0 Å². The van der Waals surface area contributed by atoms with Crippen LogP contribution in [0.15, 0.2) is 67.3 Å². The zero-order valence-corrected chi connectivity index (χ0v) is 21.2. The number of carbonyl (C=O) groups excluding carboxylic acids is 1. The van der Waals surface area contributed by atoms with Gasteiger partial charge in [0, 0.05) is 54.6 Å². The average molecular weight is 481 g/mol. The summed E-state index contributed by atoms with van der Waals surface area (Å²) in [4.78, 5) is 16.6. The van der Waals surface area contributed by atoms with Crippen molar-refractivity contribution in [1.82, 2.24) is 0 Å². The molecule has 5 nitrogen and oxygen atoms in total. The van der Waals surface area contributed by atoms with Gasteiger partial charge >= 0.3 is 5.97 Å². The van der Waals surface area contributed by atoms with Crippen LogP contribution in [0.1, 0.15) is 44.2 Å². The van der Waals surface area contributed by atoms with E-state index < -0.39 is 11.7 Å². The molecule has 1 atom stereocenters. The van der Waals surface area contributed by atoms with Crippen LogP contribution in [0.4, 0.5) is 11.4 Å². The molecule has 0 radical (unpaired) electrons. The molecule has 1 saturated heterocycles. The Morgan fingerprint density at radius 1 is 1.03 bits per heavy atom. The second kappa shape index (κ2) is 8.16. The van der Waals surface area contributed by atoms with E-state index in [0.717, 1.165) is 35.2 Å². The minimum atomic E-state index is -0.649. The number of nitrogens with zero attached hydrogens (tertiary/aromatic N) is 2. The highest BCUT2D eigenvalue weighted by Gasteiger charge is 2.57. The third-order valence-corrected chi connectivity index (χ3v) is 8.25. The highest BCUT2D eigenvalue weighted by molar-refractivity contribution is 6.03. The van der Waals surface area contributed by atoms with Gasteiger partial charge in [0.25, 0.3) is 0 Å². The number of para-hydroxylation sites is 1. The fourth-order valence-electron chi connectivity index (χ4n) is 6.26. The van der Waals surface area contributed by atoms with Crippen LogP contribution in [-0.4, -0.2) is 31.8 Å². The van der Waals surface area contributed by atoms with Crippen molar-refractivity contribution >= 4 is 34.2 Å². The molecule has 0 saturated carbocycles. The van der Waals surface area contributed by atoms with Gasteiger partial charge in [0.1, 0.15) is 11.5 Å². The Balaban J connectivity index is 1.53. The zero-order chi connectivity index (χ0) is 25.1. The second-order valence-electron chi connectivity index (χ2n) is 10.5. The van der Waals surface area contributed by atoms with E-state index in [2.05, 4.69) is 85.8 Å². The van der Waals surface area contributed by atoms with Gasteiger partial charge in [-0.25, -0.2) is 4.79 Å². The summed E-state index contributed by atoms with van der Waals surface area (Å²) in [6.07, 6.45) is 9.20. The predicted octanol–water partition coefficient (Wildman–Crippen LogP) is 6.45. The smallest absolute Gasteiger partial charge is 0.335 e. The molecule has 1 spiro atoms. The summed E-state index contributed by atoms with van der Waals surface area (Å²) in [6, 6.07) is 16.6. The van der Waals surface area contributed by atoms with Crippen molar-refractivity contribution in [2.24, 2.45) is 0 Å². The monoisotopic (exact) mass is 480 g/mol. The number of benzene rings is 3. The molecular formula is C31H32N2O3. The molecule has 3 aromatic rings. The SMILES string of the molecule is C=CC(=O)Oc1ccc2c(N3CCCCC3)cc3c(c2c1)C=CC1(O3)N(C)c2ccccc2C1(C)C. The van der Waals surface area contributed by atoms with Crippen LogP contribution in [-0.2, 0) is 10.2 Å². The summed E-state index contributed by atoms with van der Waals surface area (Å²) in [5.41, 5.74) is 3.72. The number of esters is 1. The molecule has 3 aromatic carbocycles. The molecule has 0 bridgehead atoms. The minimum absolute atomic E-state index is 0.270. The molecule has 0 aromatic heterocycles. The molecule has 0 aliphatic carbocycles. The predicted molar refractivity (Wildman–Crippen MR) is 146 cm³/mol. The van der Waals surface area contributed by atoms with E-state index in [1.165, 1.54) is 42.3 Å². The molecule has 0 amide bonds. The number of carbonyl (C=O) groups is 1. The van der Waals surface area contributed by atoms with Crippen molar-refractivity contribution in [3.8, 4) is 11.5 Å². The maximum absolute atomic E-state index is 11.9. The standard InChI is InChI=1S/C31H32N2O3/c1-5-29(34)35-21-13-14-22-24(19-21)23-15-16-31(30(2,3)25-11-7-8-12-26(25)32(31)4)36-28(23)20-27(22)33-17-9-6-10-18-33/h5,7-8,11-16,19-20H,1,6,9-10,17-18H2,2-4H3. The van der Waals surface area contributed by atoms with Crippen molar-refractivity contribution in [3.63, 3.8) is 0 Å². The van der Waals surface area contributed by atoms with Crippen molar-refractivity contribution in [1.29, 1.82) is 0 Å². The first-order chi connectivity index (χ1) is 17.4. The van der Waals surface area contributed by atoms with E-state index in [4.69, 9.17) is 9.47 Å². The number of fused-ring (bicyclic) bond motifs is 4. The summed E-state index contributed by atoms with van der Waals surface area (Å²) in [6.45, 7) is 10.1. The lowest BCUT2D eigenvalue weighted by Gasteiger charge is -2.46. The van der Waals surface area contributed by atoms with Gasteiger partial charge in [-0.3, -0.25) is 0 Å². The summed E-state index contributed by atoms with van der Waals surface area (Å²) >= 11 is 0. The molecule has 184 valence electrons. The van der Waals surface area contributed by atoms with E-state index in [1.54, 1.807) is 0 Å². The highest BCUT2D eigenvalue weighted by Crippen LogP contribution is 2.55. The van der Waals surface area contributed by atoms with E-state index >= 15 is 0 Å². The van der Waals surface area contributed by atoms with Crippen LogP contribution in [0.25, 0.3) is 16.8 Å². The fraction of sp³-hybridized carbons (Fsp3) is 0.323. The van der Waals surface area contributed by atoms with Gasteiger partial charge in [-0.05, 0) is 80.5 Å². The number of anilines is 2. The first kappa shape index (κ1) is 22.7. The lowest BCUT2D eigenvalue weighted by molar-refractivity contribution is -0.128. The third-order valence-electron chi connectivity index (χ3n) is 8.25. The van der Waals surface area contributed by atoms with Gasteiger partial charge in [-0.1, -0.05) is 24.8 Å². The Hall–Kier alpha value is -3.73. The lowest BCUT2D eigenvalue weighted by atomic mass is 9.76. The van der Waals surface area contributed by atoms with Crippen LogP contribution >= 0.6 is 0 Å². The fourth-order valence-corrected chi connectivity index (χ4v) is 6.26. The number of likely N-dealkylation sites (N-methyl/N-ethyl adjacent to an activating group) is 1. The van der Waals surface area contributed by atoms with Crippen molar-refractivity contribution in [2.45, 2.75) is 44.2 Å². The number of ether oxygens (including phenoxy) is 2.